The fourth-order valence-corrected chi connectivity index (χ4v) is 2.05. The second-order valence-electron chi connectivity index (χ2n) is 5.15. The van der Waals surface area contributed by atoms with Gasteiger partial charge in [0, 0.05) is 11.6 Å². The first-order valence-electron chi connectivity index (χ1n) is 7.22. The molecule has 0 fully saturated rings. The number of hydroxylamine groups is 1. The molecule has 1 aromatic heterocycles. The first-order valence-corrected chi connectivity index (χ1v) is 7.22. The van der Waals surface area contributed by atoms with E-state index in [0.29, 0.717) is 5.69 Å². The van der Waals surface area contributed by atoms with Gasteiger partial charge >= 0.3 is 5.91 Å². The third-order valence-electron chi connectivity index (χ3n) is 3.33. The number of aromatic nitrogens is 1. The lowest BCUT2D eigenvalue weighted by atomic mass is 10.1. The van der Waals surface area contributed by atoms with Crippen LogP contribution in [0.4, 0.5) is 0 Å². The molecule has 3 aromatic rings. The molecule has 1 N–H and O–H groups in total. The monoisotopic (exact) mass is 308 g/mol. The van der Waals surface area contributed by atoms with Crippen LogP contribution in [0.5, 0.6) is 0 Å². The Labute approximate surface area is 133 Å². The van der Waals surface area contributed by atoms with Gasteiger partial charge in [-0.1, -0.05) is 65.3 Å². The van der Waals surface area contributed by atoms with Crippen molar-refractivity contribution in [3.05, 3.63) is 77.6 Å². The largest absolute Gasteiger partial charge is 0.350 e. The van der Waals surface area contributed by atoms with Crippen LogP contribution in [-0.4, -0.2) is 11.1 Å². The van der Waals surface area contributed by atoms with Gasteiger partial charge in [0.1, 0.15) is 5.69 Å². The van der Waals surface area contributed by atoms with Crippen LogP contribution in [0.1, 0.15) is 21.7 Å². The van der Waals surface area contributed by atoms with E-state index in [9.17, 15) is 4.79 Å². The van der Waals surface area contributed by atoms with Gasteiger partial charge in [-0.05, 0) is 12.5 Å². The Morgan fingerprint density at radius 1 is 1.13 bits per heavy atom. The van der Waals surface area contributed by atoms with Gasteiger partial charge in [-0.2, -0.15) is 0 Å². The van der Waals surface area contributed by atoms with Crippen molar-refractivity contribution in [1.82, 2.24) is 10.6 Å². The number of carbonyl (C=O) groups is 1. The average Bonchev–Trinajstić information content (AvgIpc) is 3.06. The summed E-state index contributed by atoms with van der Waals surface area (Å²) in [4.78, 5) is 17.1. The Morgan fingerprint density at radius 2 is 1.87 bits per heavy atom. The van der Waals surface area contributed by atoms with E-state index in [1.165, 1.54) is 0 Å². The molecule has 0 saturated carbocycles. The lowest BCUT2D eigenvalue weighted by Crippen LogP contribution is -2.23. The first kappa shape index (κ1) is 15.0. The van der Waals surface area contributed by atoms with Crippen LogP contribution < -0.4 is 5.48 Å². The summed E-state index contributed by atoms with van der Waals surface area (Å²) >= 11 is 0. The molecule has 116 valence electrons. The fourth-order valence-electron chi connectivity index (χ4n) is 2.05. The van der Waals surface area contributed by atoms with Gasteiger partial charge in [0.2, 0.25) is 5.76 Å². The molecule has 0 saturated heterocycles. The van der Waals surface area contributed by atoms with E-state index in [0.717, 1.165) is 16.7 Å². The van der Waals surface area contributed by atoms with Crippen LogP contribution in [0.25, 0.3) is 11.3 Å². The zero-order valence-corrected chi connectivity index (χ0v) is 12.7. The van der Waals surface area contributed by atoms with Crippen molar-refractivity contribution in [2.75, 3.05) is 0 Å². The maximum atomic E-state index is 12.0. The minimum Gasteiger partial charge on any atom is -0.350 e. The maximum absolute atomic E-state index is 12.0. The van der Waals surface area contributed by atoms with Crippen LogP contribution in [0, 0.1) is 6.92 Å². The van der Waals surface area contributed by atoms with Crippen LogP contribution in [0.2, 0.25) is 0 Å². The van der Waals surface area contributed by atoms with Crippen molar-refractivity contribution in [2.24, 2.45) is 0 Å². The van der Waals surface area contributed by atoms with E-state index in [1.54, 1.807) is 6.07 Å². The molecule has 5 nitrogen and oxygen atoms in total. The number of benzene rings is 2. The van der Waals surface area contributed by atoms with Gasteiger partial charge in [-0.3, -0.25) is 9.63 Å². The highest BCUT2D eigenvalue weighted by Gasteiger charge is 2.14. The number of hydrogen-bond donors (Lipinski definition) is 1. The summed E-state index contributed by atoms with van der Waals surface area (Å²) in [6.45, 7) is 2.29. The number of nitrogens with zero attached hydrogens (tertiary/aromatic N) is 1. The summed E-state index contributed by atoms with van der Waals surface area (Å²) in [5, 5.41) is 3.91. The zero-order chi connectivity index (χ0) is 16.1. The number of carbonyl (C=O) groups excluding carboxylic acids is 1. The minimum atomic E-state index is -0.466. The second kappa shape index (κ2) is 6.89. The third-order valence-corrected chi connectivity index (χ3v) is 3.33. The molecule has 0 spiro atoms. The lowest BCUT2D eigenvalue weighted by Gasteiger charge is -2.03. The third kappa shape index (κ3) is 3.84. The number of amides is 1. The summed E-state index contributed by atoms with van der Waals surface area (Å²) in [6.07, 6.45) is 0. The van der Waals surface area contributed by atoms with Crippen LogP contribution in [-0.2, 0) is 11.4 Å². The van der Waals surface area contributed by atoms with Crippen molar-refractivity contribution in [2.45, 2.75) is 13.5 Å². The molecular formula is C18H16N2O3. The Morgan fingerprint density at radius 3 is 2.61 bits per heavy atom. The zero-order valence-electron chi connectivity index (χ0n) is 12.7. The van der Waals surface area contributed by atoms with E-state index >= 15 is 0 Å². The molecular weight excluding hydrogens is 292 g/mol. The molecule has 0 aliphatic heterocycles. The molecule has 0 radical (unpaired) electrons. The van der Waals surface area contributed by atoms with Crippen LogP contribution >= 0.6 is 0 Å². The van der Waals surface area contributed by atoms with Crippen molar-refractivity contribution < 1.29 is 14.2 Å². The molecule has 0 aliphatic carbocycles. The Kier molecular flexibility index (Phi) is 4.49. The van der Waals surface area contributed by atoms with Crippen molar-refractivity contribution in [3.63, 3.8) is 0 Å². The van der Waals surface area contributed by atoms with Gasteiger partial charge in [0.15, 0.2) is 0 Å². The van der Waals surface area contributed by atoms with E-state index in [-0.39, 0.29) is 12.4 Å². The second-order valence-corrected chi connectivity index (χ2v) is 5.15. The average molecular weight is 308 g/mol. The molecule has 2 aromatic carbocycles. The maximum Gasteiger partial charge on any atom is 0.313 e. The Hall–Kier alpha value is -2.92. The van der Waals surface area contributed by atoms with Crippen LogP contribution in [0.15, 0.2) is 65.2 Å². The van der Waals surface area contributed by atoms with Crippen LogP contribution in [0.3, 0.4) is 0 Å². The molecule has 0 atom stereocenters. The van der Waals surface area contributed by atoms with Gasteiger partial charge in [0.25, 0.3) is 0 Å². The predicted octanol–water partition coefficient (Wildman–Crippen LogP) is 3.51. The summed E-state index contributed by atoms with van der Waals surface area (Å²) in [5.41, 5.74) is 5.97. The molecule has 5 heteroatoms. The highest BCUT2D eigenvalue weighted by molar-refractivity contribution is 5.91. The van der Waals surface area contributed by atoms with E-state index < -0.39 is 5.91 Å². The quantitative estimate of drug-likeness (QED) is 0.733. The Balaban J connectivity index is 1.59. The highest BCUT2D eigenvalue weighted by Crippen LogP contribution is 2.19. The number of rotatable bonds is 5. The van der Waals surface area contributed by atoms with Gasteiger partial charge in [-0.15, -0.1) is 0 Å². The molecule has 0 bridgehead atoms. The van der Waals surface area contributed by atoms with Crippen molar-refractivity contribution in [1.29, 1.82) is 0 Å². The van der Waals surface area contributed by atoms with E-state index in [1.807, 2.05) is 61.5 Å². The summed E-state index contributed by atoms with van der Waals surface area (Å²) < 4.78 is 5.07. The first-order chi connectivity index (χ1) is 11.2. The molecule has 0 unspecified atom stereocenters. The minimum absolute atomic E-state index is 0.105. The van der Waals surface area contributed by atoms with Gasteiger partial charge in [-0.25, -0.2) is 5.48 Å². The fraction of sp³-hybridized carbons (Fsp3) is 0.111. The normalized spacial score (nSPS) is 10.5. The van der Waals surface area contributed by atoms with E-state index in [2.05, 4.69) is 10.6 Å². The number of aryl methyl sites for hydroxylation is 1. The molecule has 1 heterocycles. The number of hydrogen-bond acceptors (Lipinski definition) is 4. The lowest BCUT2D eigenvalue weighted by molar-refractivity contribution is 0.0206. The molecule has 0 aliphatic rings. The smallest absolute Gasteiger partial charge is 0.313 e. The molecule has 3 rings (SSSR count). The summed E-state index contributed by atoms with van der Waals surface area (Å²) in [7, 11) is 0. The summed E-state index contributed by atoms with van der Waals surface area (Å²) in [5.74, 6) is -0.361. The van der Waals surface area contributed by atoms with Gasteiger partial charge in [0.05, 0.1) is 6.61 Å². The SMILES string of the molecule is Cc1ccc(-c2cc(C(=O)NOCc3ccccc3)on2)cc1. The summed E-state index contributed by atoms with van der Waals surface area (Å²) in [6, 6.07) is 19.0. The molecule has 23 heavy (non-hydrogen) atoms. The topological polar surface area (TPSA) is 64.4 Å². The van der Waals surface area contributed by atoms with E-state index in [4.69, 9.17) is 9.36 Å². The number of nitrogens with one attached hydrogen (secondary N) is 1. The van der Waals surface area contributed by atoms with Crippen molar-refractivity contribution in [3.8, 4) is 11.3 Å². The highest BCUT2D eigenvalue weighted by atomic mass is 16.7. The van der Waals surface area contributed by atoms with Crippen molar-refractivity contribution >= 4 is 5.91 Å². The predicted molar refractivity (Wildman–Crippen MR) is 85.4 cm³/mol. The van der Waals surface area contributed by atoms with Gasteiger partial charge < -0.3 is 4.52 Å². The standard InChI is InChI=1S/C18H16N2O3/c1-13-7-9-15(10-8-13)16-11-17(23-19-16)18(21)20-22-12-14-5-3-2-4-6-14/h2-11H,12H2,1H3,(H,20,21). The molecule has 1 amide bonds. The Bertz CT molecular complexity index is 780.